The molecule has 0 spiro atoms. The highest BCUT2D eigenvalue weighted by atomic mass is 16.7. The molecule has 14 heteroatoms. The van der Waals surface area contributed by atoms with E-state index in [0.717, 1.165) is 32.1 Å². The van der Waals surface area contributed by atoms with E-state index >= 15 is 0 Å². The molecule has 0 saturated carbocycles. The van der Waals surface area contributed by atoms with E-state index in [1.807, 2.05) is 6.08 Å². The summed E-state index contributed by atoms with van der Waals surface area (Å²) in [4.78, 5) is 13.3. The number of aliphatic hydroxyl groups is 8. The Morgan fingerprint density at radius 2 is 0.711 bits per heavy atom. The lowest BCUT2D eigenvalue weighted by Crippen LogP contribution is -2.65. The normalized spacial score (nSPS) is 23.0. The van der Waals surface area contributed by atoms with Gasteiger partial charge in [0.05, 0.1) is 32.0 Å². The van der Waals surface area contributed by atoms with Gasteiger partial charge in [0.2, 0.25) is 5.91 Å². The molecule has 14 nitrogen and oxygen atoms in total. The summed E-state index contributed by atoms with van der Waals surface area (Å²) in [6.07, 6.45) is 62.4. The summed E-state index contributed by atoms with van der Waals surface area (Å²) >= 11 is 0. The molecule has 2 aliphatic rings. The van der Waals surface area contributed by atoms with Gasteiger partial charge in [-0.25, -0.2) is 0 Å². The van der Waals surface area contributed by atoms with E-state index in [-0.39, 0.29) is 18.9 Å². The van der Waals surface area contributed by atoms with Crippen molar-refractivity contribution >= 4 is 5.91 Å². The van der Waals surface area contributed by atoms with Crippen molar-refractivity contribution in [3.63, 3.8) is 0 Å². The van der Waals surface area contributed by atoms with Crippen molar-refractivity contribution in [1.29, 1.82) is 0 Å². The number of amides is 1. The lowest BCUT2D eigenvalue weighted by molar-refractivity contribution is -0.359. The van der Waals surface area contributed by atoms with Crippen LogP contribution in [0.2, 0.25) is 0 Å². The highest BCUT2D eigenvalue weighted by molar-refractivity contribution is 5.76. The van der Waals surface area contributed by atoms with Crippen molar-refractivity contribution in [2.75, 3.05) is 19.8 Å². The molecule has 2 fully saturated rings. The van der Waals surface area contributed by atoms with Crippen LogP contribution < -0.4 is 5.32 Å². The number of allylic oxidation sites excluding steroid dienone is 5. The van der Waals surface area contributed by atoms with E-state index in [1.54, 1.807) is 6.08 Å². The summed E-state index contributed by atoms with van der Waals surface area (Å²) in [6, 6.07) is -0.930. The van der Waals surface area contributed by atoms with Gasteiger partial charge >= 0.3 is 0 Å². The minimum Gasteiger partial charge on any atom is -0.394 e. The minimum absolute atomic E-state index is 0.242. The molecule has 0 radical (unpaired) electrons. The zero-order valence-electron chi connectivity index (χ0n) is 57.9. The van der Waals surface area contributed by atoms with Crippen LogP contribution in [-0.4, -0.2) is 140 Å². The minimum atomic E-state index is -1.79. The second-order valence-corrected chi connectivity index (χ2v) is 27.1. The predicted molar refractivity (Wildman–Crippen MR) is 369 cm³/mol. The molecule has 9 N–H and O–H groups in total. The lowest BCUT2D eigenvalue weighted by Gasteiger charge is -2.46. The lowest BCUT2D eigenvalue weighted by atomic mass is 9.97. The molecule has 90 heavy (non-hydrogen) atoms. The molecule has 12 atom stereocenters. The zero-order chi connectivity index (χ0) is 65.2. The molecule has 530 valence electrons. The number of rotatable bonds is 64. The van der Waals surface area contributed by atoms with Crippen LogP contribution in [0.5, 0.6) is 0 Å². The predicted octanol–water partition coefficient (Wildman–Crippen LogP) is 16.5. The van der Waals surface area contributed by atoms with Crippen LogP contribution in [0.4, 0.5) is 0 Å². The third-order valence-corrected chi connectivity index (χ3v) is 18.8. The van der Waals surface area contributed by atoms with Crippen molar-refractivity contribution < 1.29 is 64.6 Å². The standard InChI is InChI=1S/C76H143NO13/c1-3-5-7-9-11-13-15-17-19-21-23-24-25-26-27-28-29-30-31-32-33-34-35-36-37-38-39-40-42-44-46-48-50-52-54-56-58-60-68(81)77-64(65(80)59-57-55-53-51-49-47-45-43-41-22-20-18-16-14-12-10-8-6-4-2)63-87-75-73(86)71(84)74(67(62-79)89-75)90-76-72(85)70(83)69(82)66(61-78)88-76/h21,23,49,51,57,59,64-67,69-76,78-80,82-86H,3-20,22,24-48,50,52-56,58,60-63H2,1-2H3,(H,77,81)/b23-21-,51-49+,59-57+. The quantitative estimate of drug-likeness (QED) is 0.0204. The van der Waals surface area contributed by atoms with Crippen LogP contribution >= 0.6 is 0 Å². The fraction of sp³-hybridized carbons (Fsp3) is 0.908. The van der Waals surface area contributed by atoms with Gasteiger partial charge in [-0.1, -0.05) is 320 Å². The molecule has 0 aromatic heterocycles. The molecule has 12 unspecified atom stereocenters. The van der Waals surface area contributed by atoms with E-state index in [1.165, 1.54) is 283 Å². The van der Waals surface area contributed by atoms with Gasteiger partial charge in [0, 0.05) is 6.42 Å². The van der Waals surface area contributed by atoms with E-state index < -0.39 is 86.8 Å². The zero-order valence-corrected chi connectivity index (χ0v) is 57.9. The second-order valence-electron chi connectivity index (χ2n) is 27.1. The number of hydrogen-bond acceptors (Lipinski definition) is 13. The van der Waals surface area contributed by atoms with E-state index in [4.69, 9.17) is 18.9 Å². The number of hydrogen-bond donors (Lipinski definition) is 9. The van der Waals surface area contributed by atoms with Crippen LogP contribution in [0.1, 0.15) is 348 Å². The fourth-order valence-corrected chi connectivity index (χ4v) is 12.7. The van der Waals surface area contributed by atoms with E-state index in [9.17, 15) is 45.6 Å². The Morgan fingerprint density at radius 3 is 1.09 bits per heavy atom. The van der Waals surface area contributed by atoms with Crippen molar-refractivity contribution in [1.82, 2.24) is 5.32 Å². The van der Waals surface area contributed by atoms with Gasteiger partial charge in [0.1, 0.15) is 48.8 Å². The summed E-state index contributed by atoms with van der Waals surface area (Å²) in [7, 11) is 0. The van der Waals surface area contributed by atoms with Gasteiger partial charge in [-0.2, -0.15) is 0 Å². The van der Waals surface area contributed by atoms with Gasteiger partial charge < -0.3 is 65.1 Å². The number of nitrogens with one attached hydrogen (secondary N) is 1. The van der Waals surface area contributed by atoms with Crippen LogP contribution in [0.25, 0.3) is 0 Å². The van der Waals surface area contributed by atoms with Crippen molar-refractivity contribution in [3.05, 3.63) is 36.5 Å². The fourth-order valence-electron chi connectivity index (χ4n) is 12.7. The molecule has 0 bridgehead atoms. The average molecular weight is 1280 g/mol. The number of unbranched alkanes of at least 4 members (excludes halogenated alkanes) is 47. The summed E-state index contributed by atoms with van der Waals surface area (Å²) in [5, 5.41) is 87.4. The summed E-state index contributed by atoms with van der Waals surface area (Å²) < 4.78 is 22.9. The molecule has 2 saturated heterocycles. The summed E-state index contributed by atoms with van der Waals surface area (Å²) in [5.74, 6) is -0.242. The molecule has 0 aromatic rings. The number of carbonyl (C=O) groups excluding carboxylic acids is 1. The Hall–Kier alpha value is -1.79. The Bertz CT molecular complexity index is 1650. The largest absolute Gasteiger partial charge is 0.394 e. The van der Waals surface area contributed by atoms with Gasteiger partial charge in [-0.15, -0.1) is 0 Å². The number of aliphatic hydroxyl groups excluding tert-OH is 8. The van der Waals surface area contributed by atoms with Crippen LogP contribution in [0.15, 0.2) is 36.5 Å². The van der Waals surface area contributed by atoms with Crippen molar-refractivity contribution in [2.45, 2.75) is 421 Å². The first-order chi connectivity index (χ1) is 44.1. The van der Waals surface area contributed by atoms with Crippen LogP contribution in [-0.2, 0) is 23.7 Å². The van der Waals surface area contributed by atoms with Gasteiger partial charge in [0.25, 0.3) is 0 Å². The molecular weight excluding hydrogens is 1130 g/mol. The van der Waals surface area contributed by atoms with Crippen molar-refractivity contribution in [2.24, 2.45) is 0 Å². The highest BCUT2D eigenvalue weighted by Crippen LogP contribution is 2.30. The first-order valence-corrected chi connectivity index (χ1v) is 38.2. The Kier molecular flexibility index (Phi) is 57.0. The third kappa shape index (κ3) is 44.0. The number of carbonyl (C=O) groups is 1. The summed E-state index contributed by atoms with van der Waals surface area (Å²) in [5.41, 5.74) is 0. The molecule has 2 rings (SSSR count). The topological polar surface area (TPSA) is 228 Å². The summed E-state index contributed by atoms with van der Waals surface area (Å²) in [6.45, 7) is 2.83. The number of ether oxygens (including phenoxy) is 4. The molecule has 0 aliphatic carbocycles. The monoisotopic (exact) mass is 1280 g/mol. The van der Waals surface area contributed by atoms with Crippen LogP contribution in [0.3, 0.4) is 0 Å². The van der Waals surface area contributed by atoms with Crippen LogP contribution in [0, 0.1) is 0 Å². The Morgan fingerprint density at radius 1 is 0.389 bits per heavy atom. The van der Waals surface area contributed by atoms with Gasteiger partial charge in [-0.05, 0) is 57.8 Å². The Balaban J connectivity index is 1.59. The first kappa shape index (κ1) is 84.3. The van der Waals surface area contributed by atoms with Gasteiger partial charge in [0.15, 0.2) is 12.6 Å². The average Bonchev–Trinajstić information content (AvgIpc) is 1.58. The molecule has 1 amide bonds. The maximum absolute atomic E-state index is 13.3. The second kappa shape index (κ2) is 60.8. The first-order valence-electron chi connectivity index (χ1n) is 38.2. The SMILES string of the molecule is CCCCCCCCCC/C=C\CCCCCCCCCCCCCCCCCCCCCCCCCCCC(=O)NC(COC1OC(CO)C(OC2OC(CO)C(O)C(O)C2O)C(O)C1O)C(O)/C=C/CC/C=C/CCCCCCCCCCCCCCC. The maximum Gasteiger partial charge on any atom is 0.220 e. The smallest absolute Gasteiger partial charge is 0.220 e. The molecular formula is C76H143NO13. The highest BCUT2D eigenvalue weighted by Gasteiger charge is 2.51. The molecule has 2 heterocycles. The molecule has 0 aromatic carbocycles. The van der Waals surface area contributed by atoms with Gasteiger partial charge in [-0.3, -0.25) is 4.79 Å². The van der Waals surface area contributed by atoms with E-state index in [0.29, 0.717) is 12.8 Å². The molecule has 2 aliphatic heterocycles. The maximum atomic E-state index is 13.3. The van der Waals surface area contributed by atoms with E-state index in [2.05, 4.69) is 43.5 Å². The Labute approximate surface area is 551 Å². The third-order valence-electron chi connectivity index (χ3n) is 18.8. The van der Waals surface area contributed by atoms with Crippen molar-refractivity contribution in [3.8, 4) is 0 Å².